The minimum atomic E-state index is -0.367. The van der Waals surface area contributed by atoms with Gasteiger partial charge in [0.1, 0.15) is 0 Å². The van der Waals surface area contributed by atoms with E-state index in [2.05, 4.69) is 11.3 Å². The van der Waals surface area contributed by atoms with Gasteiger partial charge in [-0.3, -0.25) is 10.1 Å². The summed E-state index contributed by atoms with van der Waals surface area (Å²) in [5.41, 5.74) is 2.72. The molecule has 0 spiro atoms. The highest BCUT2D eigenvalue weighted by molar-refractivity contribution is 5.41. The molecule has 4 aliphatic carbocycles. The van der Waals surface area contributed by atoms with Crippen molar-refractivity contribution >= 4 is 5.69 Å². The molecule has 0 atom stereocenters. The Labute approximate surface area is 140 Å². The molecule has 0 saturated heterocycles. The summed E-state index contributed by atoms with van der Waals surface area (Å²) in [7, 11) is 0. The van der Waals surface area contributed by atoms with Gasteiger partial charge in [0.15, 0.2) is 0 Å². The predicted molar refractivity (Wildman–Crippen MR) is 90.1 cm³/mol. The summed E-state index contributed by atoms with van der Waals surface area (Å²) in [6, 6.07) is 6.63. The highest BCUT2D eigenvalue weighted by Crippen LogP contribution is 2.60. The van der Waals surface area contributed by atoms with Crippen molar-refractivity contribution in [3.8, 4) is 5.69 Å². The Balaban J connectivity index is 1.46. The Kier molecular flexibility index (Phi) is 2.91. The van der Waals surface area contributed by atoms with Crippen LogP contribution in [0.15, 0.2) is 36.7 Å². The molecule has 1 aromatic carbocycles. The zero-order chi connectivity index (χ0) is 16.3. The topological polar surface area (TPSA) is 61.0 Å². The lowest BCUT2D eigenvalue weighted by Crippen LogP contribution is -2.48. The molecule has 5 nitrogen and oxygen atoms in total. The molecular weight excluding hydrogens is 302 g/mol. The maximum absolute atomic E-state index is 10.8. The minimum absolute atomic E-state index is 0.118. The number of aromatic nitrogens is 2. The van der Waals surface area contributed by atoms with Gasteiger partial charge in [-0.1, -0.05) is 0 Å². The second kappa shape index (κ2) is 4.91. The van der Waals surface area contributed by atoms with E-state index in [4.69, 9.17) is 0 Å². The van der Waals surface area contributed by atoms with Crippen LogP contribution in [0.3, 0.4) is 0 Å². The number of hydrogen-bond donors (Lipinski definition) is 0. The number of non-ortho nitro benzene ring substituents is 1. The molecule has 1 heterocycles. The van der Waals surface area contributed by atoms with Gasteiger partial charge >= 0.3 is 0 Å². The Morgan fingerprint density at radius 3 is 2.17 bits per heavy atom. The summed E-state index contributed by atoms with van der Waals surface area (Å²) in [4.78, 5) is 10.4. The van der Waals surface area contributed by atoms with Gasteiger partial charge in [-0.15, -0.1) is 0 Å². The van der Waals surface area contributed by atoms with E-state index >= 15 is 0 Å². The van der Waals surface area contributed by atoms with E-state index in [-0.39, 0.29) is 10.6 Å². The van der Waals surface area contributed by atoms with E-state index in [9.17, 15) is 10.1 Å². The van der Waals surface area contributed by atoms with Crippen LogP contribution in [0, 0.1) is 27.9 Å². The van der Waals surface area contributed by atoms with Crippen molar-refractivity contribution in [3.63, 3.8) is 0 Å². The standard InChI is InChI=1S/C19H21N3O2/c23-22(24)18-3-1-17(2-4-18)21-12-16(11-20-21)19-8-13-5-14(9-19)7-15(6-13)10-19/h1-4,11-15H,5-10H2. The van der Waals surface area contributed by atoms with Crippen molar-refractivity contribution < 1.29 is 4.92 Å². The first-order valence-corrected chi connectivity index (χ1v) is 8.91. The number of nitro groups is 1. The van der Waals surface area contributed by atoms with E-state index < -0.39 is 0 Å². The van der Waals surface area contributed by atoms with Crippen LogP contribution < -0.4 is 0 Å². The average molecular weight is 323 g/mol. The van der Waals surface area contributed by atoms with Crippen molar-refractivity contribution in [3.05, 3.63) is 52.3 Å². The van der Waals surface area contributed by atoms with Gasteiger partial charge in [0.05, 0.1) is 16.8 Å². The Hall–Kier alpha value is -2.17. The molecule has 24 heavy (non-hydrogen) atoms. The Bertz CT molecular complexity index is 758. The molecule has 1 aromatic heterocycles. The maximum Gasteiger partial charge on any atom is 0.269 e. The van der Waals surface area contributed by atoms with Crippen molar-refractivity contribution in [2.45, 2.75) is 43.9 Å². The van der Waals surface area contributed by atoms with Crippen LogP contribution in [-0.2, 0) is 5.41 Å². The smallest absolute Gasteiger partial charge is 0.258 e. The summed E-state index contributed by atoms with van der Waals surface area (Å²) < 4.78 is 1.87. The number of benzene rings is 1. The molecular formula is C19H21N3O2. The van der Waals surface area contributed by atoms with Crippen LogP contribution >= 0.6 is 0 Å². The average Bonchev–Trinajstić information content (AvgIpc) is 3.04. The Morgan fingerprint density at radius 2 is 1.62 bits per heavy atom. The highest BCUT2D eigenvalue weighted by atomic mass is 16.6. The van der Waals surface area contributed by atoms with E-state index in [0.717, 1.165) is 23.4 Å². The van der Waals surface area contributed by atoms with E-state index in [1.54, 1.807) is 24.3 Å². The lowest BCUT2D eigenvalue weighted by atomic mass is 9.48. The Morgan fingerprint density at radius 1 is 1.04 bits per heavy atom. The highest BCUT2D eigenvalue weighted by Gasteiger charge is 2.52. The molecule has 4 aliphatic rings. The summed E-state index contributed by atoms with van der Waals surface area (Å²) >= 11 is 0. The van der Waals surface area contributed by atoms with Crippen LogP contribution in [0.5, 0.6) is 0 Å². The molecule has 4 saturated carbocycles. The lowest BCUT2D eigenvalue weighted by molar-refractivity contribution is -0.384. The summed E-state index contributed by atoms with van der Waals surface area (Å²) in [5, 5.41) is 15.4. The first kappa shape index (κ1) is 14.2. The van der Waals surface area contributed by atoms with E-state index in [1.165, 1.54) is 44.1 Å². The van der Waals surface area contributed by atoms with E-state index in [1.807, 2.05) is 10.9 Å². The largest absolute Gasteiger partial charge is 0.269 e. The van der Waals surface area contributed by atoms with Gasteiger partial charge in [0, 0.05) is 18.3 Å². The fourth-order valence-electron chi connectivity index (χ4n) is 5.93. The fourth-order valence-corrected chi connectivity index (χ4v) is 5.93. The quantitative estimate of drug-likeness (QED) is 0.626. The summed E-state index contributed by atoms with van der Waals surface area (Å²) in [6.07, 6.45) is 12.5. The van der Waals surface area contributed by atoms with E-state index in [0.29, 0.717) is 5.41 Å². The first-order valence-electron chi connectivity index (χ1n) is 8.91. The number of nitro benzene ring substituents is 1. The third kappa shape index (κ3) is 2.10. The number of hydrogen-bond acceptors (Lipinski definition) is 3. The minimum Gasteiger partial charge on any atom is -0.258 e. The molecule has 0 aliphatic heterocycles. The molecule has 0 amide bonds. The van der Waals surface area contributed by atoms with Crippen molar-refractivity contribution in [2.75, 3.05) is 0 Å². The summed E-state index contributed by atoms with van der Waals surface area (Å²) in [6.45, 7) is 0. The molecule has 0 radical (unpaired) electrons. The van der Waals surface area contributed by atoms with Gasteiger partial charge in [0.2, 0.25) is 0 Å². The van der Waals surface area contributed by atoms with Crippen molar-refractivity contribution in [1.29, 1.82) is 0 Å². The number of rotatable bonds is 3. The molecule has 124 valence electrons. The third-order valence-corrected chi connectivity index (χ3v) is 6.56. The fraction of sp³-hybridized carbons (Fsp3) is 0.526. The van der Waals surface area contributed by atoms with Gasteiger partial charge < -0.3 is 0 Å². The van der Waals surface area contributed by atoms with Gasteiger partial charge in [0.25, 0.3) is 5.69 Å². The van der Waals surface area contributed by atoms with Crippen LogP contribution in [0.4, 0.5) is 5.69 Å². The molecule has 2 aromatic rings. The monoisotopic (exact) mass is 323 g/mol. The van der Waals surface area contributed by atoms with Crippen LogP contribution in [0.2, 0.25) is 0 Å². The first-order chi connectivity index (χ1) is 11.6. The molecule has 4 fully saturated rings. The second-order valence-corrected chi connectivity index (χ2v) is 8.14. The predicted octanol–water partition coefficient (Wildman–Crippen LogP) is 4.25. The van der Waals surface area contributed by atoms with Gasteiger partial charge in [-0.2, -0.15) is 5.10 Å². The van der Waals surface area contributed by atoms with Crippen molar-refractivity contribution in [1.82, 2.24) is 9.78 Å². The number of nitrogens with zero attached hydrogens (tertiary/aromatic N) is 3. The SMILES string of the molecule is O=[N+]([O-])c1ccc(-n2cc(C34CC5CC(CC(C5)C3)C4)cn2)cc1. The normalized spacial score (nSPS) is 33.8. The zero-order valence-corrected chi connectivity index (χ0v) is 13.6. The van der Waals surface area contributed by atoms with Crippen LogP contribution in [0.1, 0.15) is 44.1 Å². The molecule has 5 heteroatoms. The maximum atomic E-state index is 10.8. The summed E-state index contributed by atoms with van der Waals surface area (Å²) in [5.74, 6) is 2.75. The van der Waals surface area contributed by atoms with Gasteiger partial charge in [-0.05, 0) is 79.4 Å². The third-order valence-electron chi connectivity index (χ3n) is 6.56. The van der Waals surface area contributed by atoms with Crippen LogP contribution in [-0.4, -0.2) is 14.7 Å². The lowest BCUT2D eigenvalue weighted by Gasteiger charge is -2.56. The molecule has 0 unspecified atom stereocenters. The van der Waals surface area contributed by atoms with Gasteiger partial charge in [-0.25, -0.2) is 4.68 Å². The second-order valence-electron chi connectivity index (χ2n) is 8.14. The molecule has 4 bridgehead atoms. The zero-order valence-electron chi connectivity index (χ0n) is 13.6. The van der Waals surface area contributed by atoms with Crippen molar-refractivity contribution in [2.24, 2.45) is 17.8 Å². The molecule has 0 N–H and O–H groups in total. The molecule has 6 rings (SSSR count). The van der Waals surface area contributed by atoms with Crippen LogP contribution in [0.25, 0.3) is 5.69 Å².